The minimum Gasteiger partial charge on any atom is -0.445 e. The number of amides is 1. The first-order valence-electron chi connectivity index (χ1n) is 6.41. The van der Waals surface area contributed by atoms with Gasteiger partial charge in [-0.3, -0.25) is 0 Å². The summed E-state index contributed by atoms with van der Waals surface area (Å²) in [6.45, 7) is 2.90. The van der Waals surface area contributed by atoms with Crippen LogP contribution in [0.2, 0.25) is 0 Å². The summed E-state index contributed by atoms with van der Waals surface area (Å²) in [5, 5.41) is 9.11. The summed E-state index contributed by atoms with van der Waals surface area (Å²) in [6, 6.07) is 9.54. The van der Waals surface area contributed by atoms with Crippen LogP contribution in [0.4, 0.5) is 4.79 Å². The van der Waals surface area contributed by atoms with Crippen molar-refractivity contribution in [1.82, 2.24) is 4.90 Å². The van der Waals surface area contributed by atoms with Crippen LogP contribution < -0.4 is 0 Å². The summed E-state index contributed by atoms with van der Waals surface area (Å²) >= 11 is 0. The van der Waals surface area contributed by atoms with Crippen molar-refractivity contribution in [3.8, 4) is 0 Å². The van der Waals surface area contributed by atoms with E-state index in [1.165, 1.54) is 0 Å². The van der Waals surface area contributed by atoms with Gasteiger partial charge in [0.2, 0.25) is 0 Å². The van der Waals surface area contributed by atoms with E-state index >= 15 is 0 Å². The smallest absolute Gasteiger partial charge is 0.410 e. The number of aliphatic hydroxyl groups is 1. The molecular weight excluding hydrogens is 246 g/mol. The molecular formula is C14H19NO4. The maximum Gasteiger partial charge on any atom is 0.410 e. The number of aliphatic hydroxyl groups excluding tert-OH is 1. The lowest BCUT2D eigenvalue weighted by atomic mass is 10.2. The van der Waals surface area contributed by atoms with Crippen LogP contribution in [0.1, 0.15) is 12.5 Å². The highest BCUT2D eigenvalue weighted by Crippen LogP contribution is 2.12. The Morgan fingerprint density at radius 3 is 2.84 bits per heavy atom. The van der Waals surface area contributed by atoms with Crippen LogP contribution in [-0.2, 0) is 16.1 Å². The van der Waals surface area contributed by atoms with Crippen molar-refractivity contribution in [2.75, 3.05) is 19.7 Å². The predicted octanol–water partition coefficient (Wildman–Crippen LogP) is 1.40. The standard InChI is InChI=1S/C14H19NO4/c1-11-7-15(8-13(9-16)19-11)14(17)18-10-12-5-3-2-4-6-12/h2-6,11,13,16H,7-10H2,1H3/t11-,13+/m1/s1. The average Bonchev–Trinajstić information content (AvgIpc) is 2.45. The fourth-order valence-electron chi connectivity index (χ4n) is 2.11. The molecule has 5 nitrogen and oxygen atoms in total. The van der Waals surface area contributed by atoms with Crippen LogP contribution in [0, 0.1) is 0 Å². The highest BCUT2D eigenvalue weighted by molar-refractivity contribution is 5.67. The molecule has 1 aromatic carbocycles. The van der Waals surface area contributed by atoms with Gasteiger partial charge in [0.1, 0.15) is 6.61 Å². The molecule has 0 bridgehead atoms. The average molecular weight is 265 g/mol. The third-order valence-corrected chi connectivity index (χ3v) is 2.99. The number of carbonyl (C=O) groups excluding carboxylic acids is 1. The highest BCUT2D eigenvalue weighted by Gasteiger charge is 2.28. The second-order valence-corrected chi connectivity index (χ2v) is 4.70. The molecule has 0 spiro atoms. The van der Waals surface area contributed by atoms with Gasteiger partial charge >= 0.3 is 6.09 Å². The molecule has 0 saturated carbocycles. The number of morpholine rings is 1. The Balaban J connectivity index is 1.85. The number of carbonyl (C=O) groups is 1. The maximum atomic E-state index is 11.9. The number of hydrogen-bond donors (Lipinski definition) is 1. The van der Waals surface area contributed by atoms with Crippen LogP contribution in [0.15, 0.2) is 30.3 Å². The second-order valence-electron chi connectivity index (χ2n) is 4.70. The first kappa shape index (κ1) is 13.8. The van der Waals surface area contributed by atoms with Gasteiger partial charge < -0.3 is 19.5 Å². The third kappa shape index (κ3) is 3.94. The second kappa shape index (κ2) is 6.54. The Kier molecular flexibility index (Phi) is 4.76. The molecule has 19 heavy (non-hydrogen) atoms. The lowest BCUT2D eigenvalue weighted by Gasteiger charge is -2.35. The molecule has 0 aromatic heterocycles. The molecule has 0 aliphatic carbocycles. The molecule has 0 unspecified atom stereocenters. The van der Waals surface area contributed by atoms with Gasteiger partial charge in [-0.1, -0.05) is 30.3 Å². The lowest BCUT2D eigenvalue weighted by molar-refractivity contribution is -0.0905. The van der Waals surface area contributed by atoms with E-state index in [-0.39, 0.29) is 31.5 Å². The fraction of sp³-hybridized carbons (Fsp3) is 0.500. The highest BCUT2D eigenvalue weighted by atomic mass is 16.6. The van der Waals surface area contributed by atoms with Gasteiger partial charge in [0.15, 0.2) is 0 Å². The predicted molar refractivity (Wildman–Crippen MR) is 69.6 cm³/mol. The zero-order valence-electron chi connectivity index (χ0n) is 11.0. The molecule has 1 fully saturated rings. The Morgan fingerprint density at radius 1 is 1.42 bits per heavy atom. The Hall–Kier alpha value is -1.59. The summed E-state index contributed by atoms with van der Waals surface area (Å²) in [5.41, 5.74) is 0.955. The number of ether oxygens (including phenoxy) is 2. The van der Waals surface area contributed by atoms with Gasteiger partial charge in [0, 0.05) is 0 Å². The number of hydrogen-bond acceptors (Lipinski definition) is 4. The van der Waals surface area contributed by atoms with E-state index in [0.29, 0.717) is 13.1 Å². The van der Waals surface area contributed by atoms with E-state index in [1.807, 2.05) is 37.3 Å². The molecule has 104 valence electrons. The van der Waals surface area contributed by atoms with Crippen LogP contribution in [-0.4, -0.2) is 48.0 Å². The number of nitrogens with zero attached hydrogens (tertiary/aromatic N) is 1. The normalized spacial score (nSPS) is 23.2. The van der Waals surface area contributed by atoms with E-state index in [1.54, 1.807) is 4.90 Å². The van der Waals surface area contributed by atoms with Crippen molar-refractivity contribution >= 4 is 6.09 Å². The van der Waals surface area contributed by atoms with Gasteiger partial charge in [0.25, 0.3) is 0 Å². The summed E-state index contributed by atoms with van der Waals surface area (Å²) in [5.74, 6) is 0. The van der Waals surface area contributed by atoms with Crippen molar-refractivity contribution in [3.63, 3.8) is 0 Å². The molecule has 1 aromatic rings. The number of rotatable bonds is 3. The largest absolute Gasteiger partial charge is 0.445 e. The Bertz CT molecular complexity index is 409. The first-order chi connectivity index (χ1) is 9.19. The first-order valence-corrected chi connectivity index (χ1v) is 6.41. The molecule has 1 heterocycles. The molecule has 1 aliphatic heterocycles. The molecule has 1 aliphatic rings. The summed E-state index contributed by atoms with van der Waals surface area (Å²) in [7, 11) is 0. The fourth-order valence-corrected chi connectivity index (χ4v) is 2.11. The van der Waals surface area contributed by atoms with Gasteiger partial charge in [-0.2, -0.15) is 0 Å². The van der Waals surface area contributed by atoms with Gasteiger partial charge in [-0.15, -0.1) is 0 Å². The van der Waals surface area contributed by atoms with Crippen molar-refractivity contribution in [3.05, 3.63) is 35.9 Å². The molecule has 5 heteroatoms. The van der Waals surface area contributed by atoms with Crippen molar-refractivity contribution in [1.29, 1.82) is 0 Å². The maximum absolute atomic E-state index is 11.9. The van der Waals surface area contributed by atoms with Gasteiger partial charge in [-0.05, 0) is 12.5 Å². The zero-order chi connectivity index (χ0) is 13.7. The quantitative estimate of drug-likeness (QED) is 0.897. The van der Waals surface area contributed by atoms with Gasteiger partial charge in [-0.25, -0.2) is 4.79 Å². The monoisotopic (exact) mass is 265 g/mol. The summed E-state index contributed by atoms with van der Waals surface area (Å²) in [6.07, 6.45) is -0.777. The molecule has 1 N–H and O–H groups in total. The van der Waals surface area contributed by atoms with Crippen LogP contribution in [0.5, 0.6) is 0 Å². The zero-order valence-corrected chi connectivity index (χ0v) is 11.0. The van der Waals surface area contributed by atoms with E-state index in [9.17, 15) is 4.79 Å². The summed E-state index contributed by atoms with van der Waals surface area (Å²) in [4.78, 5) is 13.5. The summed E-state index contributed by atoms with van der Waals surface area (Å²) < 4.78 is 10.7. The van der Waals surface area contributed by atoms with Gasteiger partial charge in [0.05, 0.1) is 31.9 Å². The van der Waals surface area contributed by atoms with Crippen LogP contribution in [0.3, 0.4) is 0 Å². The molecule has 2 atom stereocenters. The van der Waals surface area contributed by atoms with E-state index in [4.69, 9.17) is 14.6 Å². The topological polar surface area (TPSA) is 59.0 Å². The number of benzene rings is 1. The molecule has 2 rings (SSSR count). The molecule has 0 radical (unpaired) electrons. The minimum absolute atomic E-state index is 0.0878. The van der Waals surface area contributed by atoms with E-state index < -0.39 is 0 Å². The Labute approximate surface area is 112 Å². The van der Waals surface area contributed by atoms with Crippen molar-refractivity contribution < 1.29 is 19.4 Å². The van der Waals surface area contributed by atoms with E-state index in [2.05, 4.69) is 0 Å². The molecule has 1 saturated heterocycles. The minimum atomic E-state index is -0.363. The lowest BCUT2D eigenvalue weighted by Crippen LogP contribution is -2.50. The van der Waals surface area contributed by atoms with Crippen LogP contribution >= 0.6 is 0 Å². The van der Waals surface area contributed by atoms with E-state index in [0.717, 1.165) is 5.56 Å². The Morgan fingerprint density at radius 2 is 2.16 bits per heavy atom. The third-order valence-electron chi connectivity index (χ3n) is 2.99. The van der Waals surface area contributed by atoms with Crippen molar-refractivity contribution in [2.45, 2.75) is 25.7 Å². The van der Waals surface area contributed by atoms with Crippen LogP contribution in [0.25, 0.3) is 0 Å². The molecule has 1 amide bonds. The van der Waals surface area contributed by atoms with Crippen molar-refractivity contribution in [2.24, 2.45) is 0 Å². The SMILES string of the molecule is C[C@@H]1CN(C(=O)OCc2ccccc2)C[C@@H](CO)O1.